The molecule has 0 aromatic heterocycles. The van der Waals surface area contributed by atoms with Crippen molar-refractivity contribution in [1.82, 2.24) is 21.3 Å². The molecule has 0 rings (SSSR count). The predicted octanol–water partition coefficient (Wildman–Crippen LogP) is 4.60. The van der Waals surface area contributed by atoms with Crippen LogP contribution in [0.5, 0.6) is 0 Å². The van der Waals surface area contributed by atoms with Crippen LogP contribution in [-0.2, 0) is 62.1 Å². The Bertz CT molecular complexity index is 1620. The molecular formula is C53H97N5O17S. The van der Waals surface area contributed by atoms with Crippen LogP contribution in [0.3, 0.4) is 0 Å². The molecule has 0 aliphatic carbocycles. The Hall–Kier alpha value is -4.52. The normalized spacial score (nSPS) is 12.3. The minimum absolute atomic E-state index is 0. The highest BCUT2D eigenvalue weighted by molar-refractivity contribution is 7.99. The average Bonchev–Trinajstić information content (AvgIpc) is 3.36. The number of rotatable bonds is 52. The first kappa shape index (κ1) is 75.7. The van der Waals surface area contributed by atoms with Gasteiger partial charge in [0.05, 0.1) is 57.4 Å². The molecule has 0 heterocycles. The fourth-order valence-corrected chi connectivity index (χ4v) is 7.83. The lowest BCUT2D eigenvalue weighted by Crippen LogP contribution is -2.37. The number of carbonyl (C=O) groups excluding carboxylic acids is 6. The first-order valence-corrected chi connectivity index (χ1v) is 27.7. The molecule has 0 aromatic carbocycles. The van der Waals surface area contributed by atoms with E-state index in [1.807, 2.05) is 0 Å². The molecule has 0 fully saturated rings. The Morgan fingerprint density at radius 2 is 1.07 bits per heavy atom. The molecule has 0 radical (unpaired) electrons. The summed E-state index contributed by atoms with van der Waals surface area (Å²) < 4.78 is 21.4. The number of allylic oxidation sites excluding steroid dienone is 1. The Balaban J connectivity index is -0.00000714. The lowest BCUT2D eigenvalue weighted by Gasteiger charge is -2.17. The lowest BCUT2D eigenvalue weighted by atomic mass is 9.94. The highest BCUT2D eigenvalue weighted by Gasteiger charge is 2.25. The quantitative estimate of drug-likeness (QED) is 0.0376. The Labute approximate surface area is 456 Å². The highest BCUT2D eigenvalue weighted by Crippen LogP contribution is 2.18. The molecule has 0 unspecified atom stereocenters. The van der Waals surface area contributed by atoms with Crippen LogP contribution < -0.4 is 27.0 Å². The van der Waals surface area contributed by atoms with Gasteiger partial charge < -0.3 is 66.4 Å². The fourth-order valence-electron chi connectivity index (χ4n) is 6.72. The van der Waals surface area contributed by atoms with Crippen molar-refractivity contribution in [2.24, 2.45) is 17.6 Å². The second kappa shape index (κ2) is 52.5. The average molecular weight is 1110 g/mol. The van der Waals surface area contributed by atoms with E-state index in [1.165, 1.54) is 57.2 Å². The molecule has 22 nitrogen and oxygen atoms in total. The van der Waals surface area contributed by atoms with Crippen molar-refractivity contribution >= 4 is 64.7 Å². The number of carboxylic acids is 3. The third kappa shape index (κ3) is 50.3. The maximum atomic E-state index is 12.4. The summed E-state index contributed by atoms with van der Waals surface area (Å²) >= 11 is 1.25. The number of nitrogens with one attached hydrogen (secondary N) is 4. The van der Waals surface area contributed by atoms with Crippen molar-refractivity contribution in [2.75, 3.05) is 90.6 Å². The number of carbonyl (C=O) groups is 9. The maximum absolute atomic E-state index is 12.4. The van der Waals surface area contributed by atoms with E-state index in [0.717, 1.165) is 38.5 Å². The van der Waals surface area contributed by atoms with E-state index in [0.29, 0.717) is 37.3 Å². The van der Waals surface area contributed by atoms with Gasteiger partial charge in [-0.3, -0.25) is 38.4 Å². The number of aliphatic hydroxyl groups is 1. The molecule has 3 amide bonds. The summed E-state index contributed by atoms with van der Waals surface area (Å²) in [6.07, 6.45) is 15.4. The Morgan fingerprint density at radius 1 is 0.592 bits per heavy atom. The van der Waals surface area contributed by atoms with E-state index < -0.39 is 42.4 Å². The number of ether oxygens (including phenoxy) is 4. The molecule has 0 bridgehead atoms. The van der Waals surface area contributed by atoms with E-state index in [9.17, 15) is 48.3 Å². The fraction of sp³-hybridized carbons (Fsp3) is 0.792. The molecular weight excluding hydrogens is 1010 g/mol. The minimum Gasteiger partial charge on any atom is -0.481 e. The van der Waals surface area contributed by atoms with Crippen LogP contribution >= 0.6 is 11.8 Å². The van der Waals surface area contributed by atoms with Gasteiger partial charge in [0.2, 0.25) is 17.7 Å². The predicted molar refractivity (Wildman–Crippen MR) is 292 cm³/mol. The van der Waals surface area contributed by atoms with Gasteiger partial charge in [0, 0.05) is 69.3 Å². The van der Waals surface area contributed by atoms with Crippen molar-refractivity contribution in [3.05, 3.63) is 12.3 Å². The monoisotopic (exact) mass is 1110 g/mol. The summed E-state index contributed by atoms with van der Waals surface area (Å²) in [4.78, 5) is 104. The smallest absolute Gasteiger partial charge is 0.326 e. The molecule has 442 valence electrons. The number of carboxylic acid groups (broad SMARTS) is 3. The summed E-state index contributed by atoms with van der Waals surface area (Å²) in [5.74, 6) is -5.32. The first-order valence-electron chi connectivity index (χ1n) is 26.6. The SMILES string of the molecule is C.C=C(CCCCCCCCCCCCCCC(=O)O)N[C@@H](CCC(=O)CCCOCCOCC(=O)NCCOCCOCC(=O)NCCNC(=O)CSC[C@H](CC)C(=O)C[C@@H](CO)C(=O)O)C(=O)O.CC(=O)[C@H](C)N. The van der Waals surface area contributed by atoms with Gasteiger partial charge in [-0.05, 0) is 52.4 Å². The van der Waals surface area contributed by atoms with Gasteiger partial charge in [-0.2, -0.15) is 11.8 Å². The lowest BCUT2D eigenvalue weighted by molar-refractivity contribution is -0.145. The zero-order chi connectivity index (χ0) is 56.5. The molecule has 0 saturated carbocycles. The van der Waals surface area contributed by atoms with Gasteiger partial charge >= 0.3 is 17.9 Å². The minimum atomic E-state index is -1.23. The third-order valence-electron chi connectivity index (χ3n) is 11.5. The molecule has 0 aliphatic rings. The van der Waals surface area contributed by atoms with Gasteiger partial charge in [-0.15, -0.1) is 0 Å². The van der Waals surface area contributed by atoms with E-state index in [-0.39, 0.29) is 152 Å². The van der Waals surface area contributed by atoms with Gasteiger partial charge in [0.1, 0.15) is 36.6 Å². The van der Waals surface area contributed by atoms with Crippen LogP contribution in [0.2, 0.25) is 0 Å². The van der Waals surface area contributed by atoms with Gasteiger partial charge in [-0.25, -0.2) is 4.79 Å². The van der Waals surface area contributed by atoms with Crippen LogP contribution in [0, 0.1) is 11.8 Å². The number of aliphatic carboxylic acids is 3. The van der Waals surface area contributed by atoms with Crippen LogP contribution in [0.15, 0.2) is 12.3 Å². The van der Waals surface area contributed by atoms with Crippen molar-refractivity contribution < 1.29 is 82.5 Å². The van der Waals surface area contributed by atoms with Gasteiger partial charge in [0.15, 0.2) is 0 Å². The summed E-state index contributed by atoms with van der Waals surface area (Å²) in [5.41, 5.74) is 5.75. The second-order valence-corrected chi connectivity index (χ2v) is 19.3. The van der Waals surface area contributed by atoms with E-state index in [4.69, 9.17) is 40.0 Å². The standard InChI is InChI=1S/C48H84N4O16S.C4H9NO.CH4/c1-3-38(42(55)31-39(32-53)47(61)62)35-69-36-45(58)50-23-22-49-43(56)33-68-30-28-66-26-24-51-44(57)34-67-29-27-65-25-16-18-40(54)20-21-41(48(63)64)52-37(2)17-14-12-10-8-6-4-5-7-9-11-13-15-19-46(59)60;1-3(5)4(2)6;/h38-39,41,52-53H,2-36H2,1H3,(H,49,56)(H,50,58)(H,51,57)(H,59,60)(H,61,62)(H,63,64);3H,5H2,1-2H3;1H4/t38-,39-,41-;3-;/m00./s1. The topological polar surface area (TPSA) is 346 Å². The van der Waals surface area contributed by atoms with E-state index in [2.05, 4.69) is 27.8 Å². The molecule has 76 heavy (non-hydrogen) atoms. The van der Waals surface area contributed by atoms with Crippen molar-refractivity contribution in [2.45, 2.75) is 169 Å². The van der Waals surface area contributed by atoms with Crippen molar-refractivity contribution in [1.29, 1.82) is 0 Å². The number of amides is 3. The zero-order valence-corrected chi connectivity index (χ0v) is 46.0. The molecule has 0 spiro atoms. The summed E-state index contributed by atoms with van der Waals surface area (Å²) in [6, 6.07) is -1.16. The molecule has 23 heteroatoms. The summed E-state index contributed by atoms with van der Waals surface area (Å²) in [6.45, 7) is 9.90. The Morgan fingerprint density at radius 3 is 1.54 bits per heavy atom. The largest absolute Gasteiger partial charge is 0.481 e. The number of unbranched alkanes of at least 4 members (excludes halogenated alkanes) is 11. The van der Waals surface area contributed by atoms with Gasteiger partial charge in [0.25, 0.3) is 0 Å². The number of Topliss-reactive ketones (excluding diaryl/α,β-unsaturated/α-hetero) is 3. The van der Waals surface area contributed by atoms with E-state index >= 15 is 0 Å². The number of thioether (sulfide) groups is 1. The molecule has 0 aliphatic heterocycles. The molecule has 0 aromatic rings. The summed E-state index contributed by atoms with van der Waals surface area (Å²) in [5, 5.41) is 47.4. The first-order chi connectivity index (χ1) is 35.8. The number of aliphatic hydroxyl groups excluding tert-OH is 1. The van der Waals surface area contributed by atoms with E-state index in [1.54, 1.807) is 13.8 Å². The Kier molecular flexibility index (Phi) is 52.3. The number of nitrogens with two attached hydrogens (primary N) is 1. The number of hydrogen-bond donors (Lipinski definition) is 9. The van der Waals surface area contributed by atoms with Gasteiger partial charge in [-0.1, -0.05) is 85.1 Å². The number of hydrogen-bond acceptors (Lipinski definition) is 17. The number of ketones is 3. The van der Waals surface area contributed by atoms with Crippen LogP contribution in [-0.4, -0.2) is 176 Å². The molecule has 4 atom stereocenters. The van der Waals surface area contributed by atoms with Crippen LogP contribution in [0.4, 0.5) is 0 Å². The third-order valence-corrected chi connectivity index (χ3v) is 12.6. The van der Waals surface area contributed by atoms with Crippen molar-refractivity contribution in [3.63, 3.8) is 0 Å². The van der Waals surface area contributed by atoms with Crippen LogP contribution in [0.25, 0.3) is 0 Å². The highest BCUT2D eigenvalue weighted by atomic mass is 32.2. The second-order valence-electron chi connectivity index (χ2n) is 18.2. The molecule has 0 saturated heterocycles. The molecule has 10 N–H and O–H groups in total. The maximum Gasteiger partial charge on any atom is 0.326 e. The van der Waals surface area contributed by atoms with Crippen molar-refractivity contribution in [3.8, 4) is 0 Å². The summed E-state index contributed by atoms with van der Waals surface area (Å²) in [7, 11) is 0. The zero-order valence-electron chi connectivity index (χ0n) is 45.1. The van der Waals surface area contributed by atoms with Crippen LogP contribution in [0.1, 0.15) is 157 Å².